The molecule has 1 N–H and O–H groups in total. The standard InChI is InChI=1S/C14H20BrNO2/c1-14(2,3)18-13(17)16-12-8-4-6-11(10-12)7-5-9-15/h4,6,8,10H,5,7,9H2,1-3H3,(H,16,17). The molecule has 0 bridgehead atoms. The van der Waals surface area contributed by atoms with Crippen molar-refractivity contribution in [3.63, 3.8) is 0 Å². The van der Waals surface area contributed by atoms with Crippen LogP contribution in [0, 0.1) is 0 Å². The lowest BCUT2D eigenvalue weighted by Gasteiger charge is -2.19. The molecule has 0 heterocycles. The number of amides is 1. The molecule has 1 amide bonds. The van der Waals surface area contributed by atoms with Gasteiger partial charge in [0.05, 0.1) is 0 Å². The van der Waals surface area contributed by atoms with Crippen molar-refractivity contribution in [3.8, 4) is 0 Å². The van der Waals surface area contributed by atoms with Crippen molar-refractivity contribution in [1.82, 2.24) is 0 Å². The predicted octanol–water partition coefficient (Wildman–Crippen LogP) is 4.36. The third kappa shape index (κ3) is 6.05. The smallest absolute Gasteiger partial charge is 0.412 e. The SMILES string of the molecule is CC(C)(C)OC(=O)Nc1cccc(CCCBr)c1. The summed E-state index contributed by atoms with van der Waals surface area (Å²) in [6.07, 6.45) is 1.66. The Kier molecular flexibility index (Phi) is 5.66. The van der Waals surface area contributed by atoms with Crippen LogP contribution in [0.4, 0.5) is 10.5 Å². The van der Waals surface area contributed by atoms with Crippen molar-refractivity contribution >= 4 is 27.7 Å². The largest absolute Gasteiger partial charge is 0.444 e. The summed E-state index contributed by atoms with van der Waals surface area (Å²) in [5.41, 5.74) is 1.51. The van der Waals surface area contributed by atoms with Crippen molar-refractivity contribution in [3.05, 3.63) is 29.8 Å². The minimum atomic E-state index is -0.475. The van der Waals surface area contributed by atoms with Gasteiger partial charge in [-0.25, -0.2) is 4.79 Å². The second kappa shape index (κ2) is 6.78. The molecule has 100 valence electrons. The normalized spacial score (nSPS) is 11.1. The van der Waals surface area contributed by atoms with E-state index in [2.05, 4.69) is 27.3 Å². The molecule has 0 spiro atoms. The van der Waals surface area contributed by atoms with E-state index in [1.54, 1.807) is 0 Å². The van der Waals surface area contributed by atoms with Crippen LogP contribution in [0.15, 0.2) is 24.3 Å². The van der Waals surface area contributed by atoms with Crippen LogP contribution in [-0.2, 0) is 11.2 Å². The number of hydrogen-bond donors (Lipinski definition) is 1. The Labute approximate surface area is 117 Å². The van der Waals surface area contributed by atoms with Gasteiger partial charge in [0.1, 0.15) is 5.60 Å². The summed E-state index contributed by atoms with van der Waals surface area (Å²) < 4.78 is 5.21. The summed E-state index contributed by atoms with van der Waals surface area (Å²) in [5.74, 6) is 0. The van der Waals surface area contributed by atoms with E-state index in [4.69, 9.17) is 4.74 Å². The minimum Gasteiger partial charge on any atom is -0.444 e. The molecule has 0 radical (unpaired) electrons. The quantitative estimate of drug-likeness (QED) is 0.839. The monoisotopic (exact) mass is 313 g/mol. The third-order valence-corrected chi connectivity index (χ3v) is 2.73. The van der Waals surface area contributed by atoms with Crippen molar-refractivity contribution in [2.24, 2.45) is 0 Å². The second-order valence-corrected chi connectivity index (χ2v) is 5.91. The van der Waals surface area contributed by atoms with E-state index < -0.39 is 11.7 Å². The highest BCUT2D eigenvalue weighted by atomic mass is 79.9. The van der Waals surface area contributed by atoms with Crippen LogP contribution in [0.3, 0.4) is 0 Å². The molecule has 18 heavy (non-hydrogen) atoms. The van der Waals surface area contributed by atoms with Gasteiger partial charge >= 0.3 is 6.09 Å². The molecule has 0 fully saturated rings. The van der Waals surface area contributed by atoms with Crippen LogP contribution in [0.1, 0.15) is 32.8 Å². The first-order chi connectivity index (χ1) is 8.40. The lowest BCUT2D eigenvalue weighted by Crippen LogP contribution is -2.27. The summed E-state index contributed by atoms with van der Waals surface area (Å²) >= 11 is 3.41. The minimum absolute atomic E-state index is 0.417. The molecule has 1 rings (SSSR count). The van der Waals surface area contributed by atoms with E-state index in [0.717, 1.165) is 23.9 Å². The van der Waals surface area contributed by atoms with Crippen LogP contribution >= 0.6 is 15.9 Å². The topological polar surface area (TPSA) is 38.3 Å². The first-order valence-electron chi connectivity index (χ1n) is 6.05. The highest BCUT2D eigenvalue weighted by molar-refractivity contribution is 9.09. The number of benzene rings is 1. The molecule has 0 saturated heterocycles. The van der Waals surface area contributed by atoms with E-state index in [1.165, 1.54) is 5.56 Å². The maximum Gasteiger partial charge on any atom is 0.412 e. The number of ether oxygens (including phenoxy) is 1. The van der Waals surface area contributed by atoms with Crippen molar-refractivity contribution < 1.29 is 9.53 Å². The Morgan fingerprint density at radius 3 is 2.72 bits per heavy atom. The lowest BCUT2D eigenvalue weighted by molar-refractivity contribution is 0.0636. The number of aryl methyl sites for hydroxylation is 1. The third-order valence-electron chi connectivity index (χ3n) is 2.17. The summed E-state index contributed by atoms with van der Waals surface area (Å²) in [7, 11) is 0. The van der Waals surface area contributed by atoms with Gasteiger partial charge in [-0.05, 0) is 51.3 Å². The van der Waals surface area contributed by atoms with Gasteiger partial charge in [0.15, 0.2) is 0 Å². The van der Waals surface area contributed by atoms with Crippen LogP contribution in [0.5, 0.6) is 0 Å². The first kappa shape index (κ1) is 15.0. The number of carbonyl (C=O) groups excluding carboxylic acids is 1. The molecular weight excluding hydrogens is 294 g/mol. The van der Waals surface area contributed by atoms with Gasteiger partial charge < -0.3 is 4.74 Å². The zero-order valence-corrected chi connectivity index (χ0v) is 12.7. The number of nitrogens with one attached hydrogen (secondary N) is 1. The summed E-state index contributed by atoms with van der Waals surface area (Å²) in [4.78, 5) is 11.6. The van der Waals surface area contributed by atoms with E-state index >= 15 is 0 Å². The molecule has 0 aliphatic carbocycles. The highest BCUT2D eigenvalue weighted by Crippen LogP contribution is 2.14. The number of anilines is 1. The van der Waals surface area contributed by atoms with E-state index in [0.29, 0.717) is 0 Å². The van der Waals surface area contributed by atoms with Gasteiger partial charge in [-0.2, -0.15) is 0 Å². The molecule has 0 aromatic heterocycles. The summed E-state index contributed by atoms with van der Waals surface area (Å²) in [6.45, 7) is 5.54. The van der Waals surface area contributed by atoms with Gasteiger partial charge in [0.25, 0.3) is 0 Å². The fourth-order valence-corrected chi connectivity index (χ4v) is 1.78. The molecule has 1 aromatic rings. The molecule has 0 aliphatic heterocycles. The Bertz CT molecular complexity index is 399. The Hall–Kier alpha value is -1.03. The number of hydrogen-bond acceptors (Lipinski definition) is 2. The van der Waals surface area contributed by atoms with Gasteiger partial charge in [-0.15, -0.1) is 0 Å². The van der Waals surface area contributed by atoms with E-state index in [1.807, 2.05) is 39.0 Å². The molecular formula is C14H20BrNO2. The number of rotatable bonds is 4. The predicted molar refractivity (Wildman–Crippen MR) is 78.4 cm³/mol. The van der Waals surface area contributed by atoms with Gasteiger partial charge in [0, 0.05) is 11.0 Å². The molecule has 1 aromatic carbocycles. The first-order valence-corrected chi connectivity index (χ1v) is 7.18. The van der Waals surface area contributed by atoms with Crippen LogP contribution in [-0.4, -0.2) is 17.0 Å². The van der Waals surface area contributed by atoms with Gasteiger partial charge in [-0.1, -0.05) is 28.1 Å². The Morgan fingerprint density at radius 1 is 1.39 bits per heavy atom. The Balaban J connectivity index is 2.59. The fourth-order valence-electron chi connectivity index (χ4n) is 1.50. The van der Waals surface area contributed by atoms with Gasteiger partial charge in [0.2, 0.25) is 0 Å². The average molecular weight is 314 g/mol. The zero-order chi connectivity index (χ0) is 13.6. The lowest BCUT2D eigenvalue weighted by atomic mass is 10.1. The van der Waals surface area contributed by atoms with Crippen LogP contribution in [0.25, 0.3) is 0 Å². The molecule has 0 saturated carbocycles. The Morgan fingerprint density at radius 2 is 2.11 bits per heavy atom. The number of alkyl halides is 1. The highest BCUT2D eigenvalue weighted by Gasteiger charge is 2.16. The van der Waals surface area contributed by atoms with Crippen molar-refractivity contribution in [2.75, 3.05) is 10.6 Å². The fraction of sp³-hybridized carbons (Fsp3) is 0.500. The maximum atomic E-state index is 11.6. The van der Waals surface area contributed by atoms with Gasteiger partial charge in [-0.3, -0.25) is 5.32 Å². The molecule has 4 heteroatoms. The molecule has 3 nitrogen and oxygen atoms in total. The number of halogens is 1. The number of carbonyl (C=O) groups is 1. The molecule has 0 unspecified atom stereocenters. The van der Waals surface area contributed by atoms with Crippen molar-refractivity contribution in [2.45, 2.75) is 39.2 Å². The summed E-state index contributed by atoms with van der Waals surface area (Å²) in [6, 6.07) is 7.84. The molecule has 0 aliphatic rings. The molecule has 0 atom stereocenters. The van der Waals surface area contributed by atoms with Crippen molar-refractivity contribution in [1.29, 1.82) is 0 Å². The van der Waals surface area contributed by atoms with Crippen LogP contribution in [0.2, 0.25) is 0 Å². The summed E-state index contributed by atoms with van der Waals surface area (Å²) in [5, 5.41) is 3.73. The zero-order valence-electron chi connectivity index (χ0n) is 11.1. The van der Waals surface area contributed by atoms with Crippen LogP contribution < -0.4 is 5.32 Å². The maximum absolute atomic E-state index is 11.6. The van der Waals surface area contributed by atoms with E-state index in [9.17, 15) is 4.79 Å². The second-order valence-electron chi connectivity index (χ2n) is 5.12. The average Bonchev–Trinajstić information content (AvgIpc) is 2.24. The van der Waals surface area contributed by atoms with E-state index in [-0.39, 0.29) is 0 Å².